The third-order valence-electron chi connectivity index (χ3n) is 4.39. The smallest absolute Gasteiger partial charge is 0.263 e. The molecular weight excluding hydrogens is 259 g/mol. The lowest BCUT2D eigenvalue weighted by molar-refractivity contribution is 0.228. The van der Waals surface area contributed by atoms with Crippen molar-refractivity contribution < 1.29 is 0 Å². The van der Waals surface area contributed by atoms with Gasteiger partial charge in [0, 0.05) is 13.0 Å². The van der Waals surface area contributed by atoms with Gasteiger partial charge in [0.25, 0.3) is 6.85 Å². The third-order valence-corrected chi connectivity index (χ3v) is 6.73. The van der Waals surface area contributed by atoms with Gasteiger partial charge in [-0.05, 0) is 57.7 Å². The topological polar surface area (TPSA) is 15.3 Å². The van der Waals surface area contributed by atoms with E-state index in [-0.39, 0.29) is 6.85 Å². The lowest BCUT2D eigenvalue weighted by Crippen LogP contribution is -2.27. The van der Waals surface area contributed by atoms with Crippen LogP contribution in [0.2, 0.25) is 0 Å². The first kappa shape index (κ1) is 16.5. The van der Waals surface area contributed by atoms with Crippen molar-refractivity contribution in [3.8, 4) is 0 Å². The van der Waals surface area contributed by atoms with Crippen LogP contribution in [0, 0.1) is 11.8 Å². The van der Waals surface area contributed by atoms with Gasteiger partial charge in [0.15, 0.2) is 11.8 Å². The van der Waals surface area contributed by atoms with Crippen molar-refractivity contribution in [2.75, 3.05) is 32.8 Å². The Bertz CT molecular complexity index is 236. The van der Waals surface area contributed by atoms with Crippen LogP contribution in [-0.4, -0.2) is 37.7 Å². The highest BCUT2D eigenvalue weighted by molar-refractivity contribution is 8.04. The van der Waals surface area contributed by atoms with Crippen LogP contribution < -0.4 is 5.09 Å². The van der Waals surface area contributed by atoms with Gasteiger partial charge in [-0.2, -0.15) is 0 Å². The molecule has 0 bridgehead atoms. The normalized spacial score (nSPS) is 25.4. The first-order chi connectivity index (χ1) is 8.69. The molecule has 0 spiro atoms. The number of hydrogen-bond donors (Lipinski definition) is 1. The van der Waals surface area contributed by atoms with Crippen LogP contribution in [0.1, 0.15) is 46.0 Å². The van der Waals surface area contributed by atoms with E-state index >= 15 is 0 Å². The van der Waals surface area contributed by atoms with E-state index < -0.39 is 0 Å². The summed E-state index contributed by atoms with van der Waals surface area (Å²) >= 11 is 5.41. The van der Waals surface area contributed by atoms with E-state index in [1.165, 1.54) is 57.9 Å². The quantitative estimate of drug-likeness (QED) is 0.687. The molecule has 1 rings (SSSR count). The van der Waals surface area contributed by atoms with Crippen LogP contribution in [0.15, 0.2) is 0 Å². The van der Waals surface area contributed by atoms with E-state index in [2.05, 4.69) is 23.8 Å². The Hall–Kier alpha value is 0.440. The third kappa shape index (κ3) is 6.06. The average Bonchev–Trinajstić information content (AvgIpc) is 2.41. The molecule has 4 heteroatoms. The monoisotopic (exact) mass is 289 g/mol. The summed E-state index contributed by atoms with van der Waals surface area (Å²) < 4.78 is 0. The predicted molar refractivity (Wildman–Crippen MR) is 86.1 cm³/mol. The minimum absolute atomic E-state index is 0.314. The predicted octanol–water partition coefficient (Wildman–Crippen LogP) is 3.60. The van der Waals surface area contributed by atoms with E-state index in [0.29, 0.717) is 0 Å². The fourth-order valence-corrected chi connectivity index (χ4v) is 4.58. The van der Waals surface area contributed by atoms with Crippen LogP contribution in [0.5, 0.6) is 0 Å². The Morgan fingerprint density at radius 3 is 2.17 bits per heavy atom. The minimum atomic E-state index is -0.314. The average molecular weight is 289 g/mol. The fraction of sp³-hybridized carbons (Fsp3) is 1.00. The summed E-state index contributed by atoms with van der Waals surface area (Å²) in [5.74, 6) is 1.89. The fourth-order valence-electron chi connectivity index (χ4n) is 2.93. The Kier molecular flexibility index (Phi) is 8.58. The molecule has 106 valence electrons. The number of rotatable bonds is 8. The van der Waals surface area contributed by atoms with Crippen molar-refractivity contribution in [2.24, 2.45) is 11.8 Å². The van der Waals surface area contributed by atoms with Crippen LogP contribution in [0.25, 0.3) is 0 Å². The zero-order chi connectivity index (χ0) is 13.4. The molecule has 1 atom stereocenters. The van der Waals surface area contributed by atoms with E-state index in [1.807, 2.05) is 7.05 Å². The Morgan fingerprint density at radius 2 is 1.67 bits per heavy atom. The Morgan fingerprint density at radius 1 is 1.11 bits per heavy atom. The van der Waals surface area contributed by atoms with Crippen LogP contribution in [0.3, 0.4) is 0 Å². The van der Waals surface area contributed by atoms with Gasteiger partial charge in [-0.25, -0.2) is 0 Å². The molecule has 0 saturated heterocycles. The molecule has 0 amide bonds. The van der Waals surface area contributed by atoms with E-state index in [0.717, 1.165) is 11.8 Å². The summed E-state index contributed by atoms with van der Waals surface area (Å²) in [6.07, 6.45) is 8.37. The maximum Gasteiger partial charge on any atom is 0.263 e. The molecule has 1 N–H and O–H groups in total. The Labute approximate surface area is 119 Å². The molecule has 0 aromatic carbocycles. The highest BCUT2D eigenvalue weighted by atomic mass is 32.4. The van der Waals surface area contributed by atoms with Crippen LogP contribution >= 0.6 is 6.85 Å². The SMILES string of the molecule is CCN(CC)CCC1CCC(C[P+](=S)NC)CC1. The first-order valence-corrected chi connectivity index (χ1v) is 10.1. The van der Waals surface area contributed by atoms with E-state index in [9.17, 15) is 0 Å². The van der Waals surface area contributed by atoms with Gasteiger partial charge in [0.05, 0.1) is 0 Å². The molecule has 1 unspecified atom stereocenters. The molecule has 0 heterocycles. The highest BCUT2D eigenvalue weighted by Gasteiger charge is 2.25. The lowest BCUT2D eigenvalue weighted by Gasteiger charge is -2.28. The zero-order valence-corrected chi connectivity index (χ0v) is 14.0. The van der Waals surface area contributed by atoms with Crippen molar-refractivity contribution in [3.05, 3.63) is 0 Å². The summed E-state index contributed by atoms with van der Waals surface area (Å²) in [7, 11) is 2.01. The molecule has 0 aliphatic heterocycles. The molecule has 0 aromatic heterocycles. The van der Waals surface area contributed by atoms with Crippen molar-refractivity contribution >= 4 is 18.7 Å². The van der Waals surface area contributed by atoms with Crippen molar-refractivity contribution in [1.82, 2.24) is 9.99 Å². The van der Waals surface area contributed by atoms with Gasteiger partial charge >= 0.3 is 0 Å². The molecule has 1 aliphatic rings. The van der Waals surface area contributed by atoms with Gasteiger partial charge in [0.1, 0.15) is 6.16 Å². The van der Waals surface area contributed by atoms with Crippen LogP contribution in [0.4, 0.5) is 0 Å². The second kappa shape index (κ2) is 9.36. The summed E-state index contributed by atoms with van der Waals surface area (Å²) in [5, 5.41) is 3.25. The summed E-state index contributed by atoms with van der Waals surface area (Å²) in [6, 6.07) is 0. The highest BCUT2D eigenvalue weighted by Crippen LogP contribution is 2.34. The summed E-state index contributed by atoms with van der Waals surface area (Å²) in [4.78, 5) is 2.55. The molecule has 0 radical (unpaired) electrons. The number of nitrogens with one attached hydrogen (secondary N) is 1. The maximum absolute atomic E-state index is 5.41. The molecule has 0 aromatic rings. The molecule has 1 aliphatic carbocycles. The second-order valence-corrected chi connectivity index (χ2v) is 8.38. The van der Waals surface area contributed by atoms with Crippen molar-refractivity contribution in [1.29, 1.82) is 0 Å². The van der Waals surface area contributed by atoms with Crippen LogP contribution in [-0.2, 0) is 11.8 Å². The molecule has 2 nitrogen and oxygen atoms in total. The van der Waals surface area contributed by atoms with Gasteiger partial charge in [-0.1, -0.05) is 13.8 Å². The van der Waals surface area contributed by atoms with Crippen molar-refractivity contribution in [2.45, 2.75) is 46.0 Å². The van der Waals surface area contributed by atoms with Gasteiger partial charge in [-0.15, -0.1) is 5.09 Å². The lowest BCUT2D eigenvalue weighted by atomic mass is 9.81. The molecule has 18 heavy (non-hydrogen) atoms. The first-order valence-electron chi connectivity index (χ1n) is 7.53. The van der Waals surface area contributed by atoms with E-state index in [4.69, 9.17) is 11.8 Å². The number of hydrogen-bond acceptors (Lipinski definition) is 2. The number of nitrogens with zero attached hydrogens (tertiary/aromatic N) is 1. The Balaban J connectivity index is 2.17. The van der Waals surface area contributed by atoms with Gasteiger partial charge in [0.2, 0.25) is 0 Å². The largest absolute Gasteiger partial charge is 0.304 e. The van der Waals surface area contributed by atoms with Gasteiger partial charge in [-0.3, -0.25) is 0 Å². The zero-order valence-electron chi connectivity index (χ0n) is 12.3. The minimum Gasteiger partial charge on any atom is -0.304 e. The van der Waals surface area contributed by atoms with Gasteiger partial charge < -0.3 is 4.90 Å². The summed E-state index contributed by atoms with van der Waals surface area (Å²) in [6.45, 7) is 7.93. The molecule has 1 fully saturated rings. The summed E-state index contributed by atoms with van der Waals surface area (Å²) in [5.41, 5.74) is 0. The van der Waals surface area contributed by atoms with E-state index in [1.54, 1.807) is 0 Å². The second-order valence-electron chi connectivity index (χ2n) is 5.49. The standard InChI is InChI=1S/C14H30N2PS/c1-4-16(5-2)11-10-13-6-8-14(9-7-13)12-17(18)15-3/h13-14H,4-12H2,1-3H3,(H,15,18)/q+1. The maximum atomic E-state index is 5.41. The van der Waals surface area contributed by atoms with Crippen molar-refractivity contribution in [3.63, 3.8) is 0 Å². The molecule has 1 saturated carbocycles. The molecular formula is C14H30N2PS+.